The van der Waals surface area contributed by atoms with Crippen LogP contribution in [-0.4, -0.2) is 15.0 Å². The topological polar surface area (TPSA) is 62.5 Å². The molecule has 44 heavy (non-hydrogen) atoms. The molecule has 4 heteroatoms. The molecular formula is C40H24N4. The Kier molecular flexibility index (Phi) is 6.14. The first-order chi connectivity index (χ1) is 21.7. The first kappa shape index (κ1) is 25.5. The van der Waals surface area contributed by atoms with Crippen LogP contribution in [0.1, 0.15) is 5.56 Å². The van der Waals surface area contributed by atoms with Gasteiger partial charge in [0.05, 0.1) is 11.6 Å². The Bertz CT molecular complexity index is 2370. The maximum Gasteiger partial charge on any atom is 0.165 e. The van der Waals surface area contributed by atoms with Crippen molar-refractivity contribution in [3.05, 3.63) is 151 Å². The van der Waals surface area contributed by atoms with Gasteiger partial charge in [0.15, 0.2) is 17.5 Å². The largest absolute Gasteiger partial charge is 0.208 e. The van der Waals surface area contributed by atoms with Crippen LogP contribution < -0.4 is 0 Å². The van der Waals surface area contributed by atoms with E-state index in [1.807, 2.05) is 54.6 Å². The summed E-state index contributed by atoms with van der Waals surface area (Å²) in [4.78, 5) is 15.2. The molecule has 8 rings (SSSR count). The lowest BCUT2D eigenvalue weighted by Gasteiger charge is -2.14. The summed E-state index contributed by atoms with van der Waals surface area (Å²) in [5.74, 6) is 1.88. The summed E-state index contributed by atoms with van der Waals surface area (Å²) in [5.41, 5.74) is 5.58. The van der Waals surface area contributed by atoms with Crippen LogP contribution in [0.25, 0.3) is 77.6 Å². The molecule has 0 fully saturated rings. The van der Waals surface area contributed by atoms with Crippen molar-refractivity contribution in [2.75, 3.05) is 0 Å². The van der Waals surface area contributed by atoms with Gasteiger partial charge in [0, 0.05) is 16.7 Å². The van der Waals surface area contributed by atoms with Gasteiger partial charge in [-0.3, -0.25) is 0 Å². The van der Waals surface area contributed by atoms with Crippen molar-refractivity contribution in [3.63, 3.8) is 0 Å². The highest BCUT2D eigenvalue weighted by Gasteiger charge is 2.18. The van der Waals surface area contributed by atoms with Gasteiger partial charge in [0.1, 0.15) is 0 Å². The molecule has 0 saturated carbocycles. The molecule has 0 radical (unpaired) electrons. The van der Waals surface area contributed by atoms with Crippen molar-refractivity contribution < 1.29 is 0 Å². The quantitative estimate of drug-likeness (QED) is 0.159. The van der Waals surface area contributed by atoms with Gasteiger partial charge in [-0.25, -0.2) is 15.0 Å². The second-order valence-electron chi connectivity index (χ2n) is 10.8. The first-order valence-electron chi connectivity index (χ1n) is 14.5. The second-order valence-corrected chi connectivity index (χ2v) is 10.8. The van der Waals surface area contributed by atoms with Crippen molar-refractivity contribution in [1.29, 1.82) is 5.26 Å². The molecular weight excluding hydrogens is 536 g/mol. The zero-order valence-corrected chi connectivity index (χ0v) is 23.6. The molecule has 0 N–H and O–H groups in total. The smallest absolute Gasteiger partial charge is 0.165 e. The molecule has 0 spiro atoms. The van der Waals surface area contributed by atoms with E-state index in [0.717, 1.165) is 44.0 Å². The molecule has 0 unspecified atom stereocenters. The number of rotatable bonds is 4. The lowest BCUT2D eigenvalue weighted by atomic mass is 9.93. The maximum atomic E-state index is 9.17. The summed E-state index contributed by atoms with van der Waals surface area (Å²) in [7, 11) is 0. The predicted octanol–water partition coefficient (Wildman–Crippen LogP) is 9.87. The highest BCUT2D eigenvalue weighted by atomic mass is 15.0. The third kappa shape index (κ3) is 4.45. The molecule has 4 nitrogen and oxygen atoms in total. The van der Waals surface area contributed by atoms with Gasteiger partial charge < -0.3 is 0 Å². The molecule has 1 heterocycles. The fraction of sp³-hybridized carbons (Fsp3) is 0. The number of hydrogen-bond donors (Lipinski definition) is 0. The Morgan fingerprint density at radius 1 is 0.386 bits per heavy atom. The van der Waals surface area contributed by atoms with Crippen molar-refractivity contribution in [2.24, 2.45) is 0 Å². The Morgan fingerprint density at radius 3 is 1.64 bits per heavy atom. The van der Waals surface area contributed by atoms with Crippen molar-refractivity contribution in [1.82, 2.24) is 15.0 Å². The van der Waals surface area contributed by atoms with E-state index in [1.165, 1.54) is 16.2 Å². The molecule has 7 aromatic carbocycles. The number of aromatic nitrogens is 3. The summed E-state index contributed by atoms with van der Waals surface area (Å²) < 4.78 is 0. The third-order valence-electron chi connectivity index (χ3n) is 8.15. The molecule has 0 amide bonds. The van der Waals surface area contributed by atoms with E-state index in [9.17, 15) is 0 Å². The summed E-state index contributed by atoms with van der Waals surface area (Å²) in [6.07, 6.45) is 0. The van der Waals surface area contributed by atoms with Gasteiger partial charge in [-0.1, -0.05) is 127 Å². The van der Waals surface area contributed by atoms with E-state index in [2.05, 4.69) is 97.1 Å². The summed E-state index contributed by atoms with van der Waals surface area (Å²) in [5, 5.41) is 16.1. The minimum atomic E-state index is 0.613. The van der Waals surface area contributed by atoms with E-state index < -0.39 is 0 Å². The first-order valence-corrected chi connectivity index (χ1v) is 14.5. The normalized spacial score (nSPS) is 11.2. The lowest BCUT2D eigenvalue weighted by molar-refractivity contribution is 1.08. The second kappa shape index (κ2) is 10.6. The lowest BCUT2D eigenvalue weighted by Crippen LogP contribution is -2.01. The van der Waals surface area contributed by atoms with Crippen LogP contribution in [0.4, 0.5) is 0 Å². The van der Waals surface area contributed by atoms with E-state index in [1.54, 1.807) is 0 Å². The molecule has 0 aliphatic heterocycles. The molecule has 0 aliphatic rings. The van der Waals surface area contributed by atoms with Crippen LogP contribution in [0.15, 0.2) is 146 Å². The number of hydrogen-bond acceptors (Lipinski definition) is 4. The number of nitriles is 1. The Balaban J connectivity index is 1.36. The zero-order valence-electron chi connectivity index (χ0n) is 23.6. The minimum Gasteiger partial charge on any atom is -0.208 e. The van der Waals surface area contributed by atoms with Crippen LogP contribution in [0.5, 0.6) is 0 Å². The number of nitrogens with zero attached hydrogens (tertiary/aromatic N) is 4. The van der Waals surface area contributed by atoms with E-state index in [4.69, 9.17) is 20.2 Å². The summed E-state index contributed by atoms with van der Waals surface area (Å²) >= 11 is 0. The standard InChI is InChI=1S/C40H24N4/c41-25-26-14-16-27(17-15-26)28-18-20-31(21-19-28)39-42-38(30-9-2-1-3-10-30)43-40(44-39)37-34-13-7-5-11-32(34)24-36-33-12-6-4-8-29(33)22-23-35(36)37/h1-24H. The van der Waals surface area contributed by atoms with Crippen LogP contribution in [0.3, 0.4) is 0 Å². The fourth-order valence-corrected chi connectivity index (χ4v) is 5.94. The van der Waals surface area contributed by atoms with Gasteiger partial charge in [0.25, 0.3) is 0 Å². The van der Waals surface area contributed by atoms with Crippen LogP contribution in [-0.2, 0) is 0 Å². The fourth-order valence-electron chi connectivity index (χ4n) is 5.94. The van der Waals surface area contributed by atoms with Crippen LogP contribution in [0.2, 0.25) is 0 Å². The molecule has 8 aromatic rings. The van der Waals surface area contributed by atoms with Crippen molar-refractivity contribution >= 4 is 32.3 Å². The van der Waals surface area contributed by atoms with Crippen LogP contribution >= 0.6 is 0 Å². The zero-order chi connectivity index (χ0) is 29.5. The molecule has 0 aliphatic carbocycles. The van der Waals surface area contributed by atoms with Gasteiger partial charge in [-0.05, 0) is 61.6 Å². The van der Waals surface area contributed by atoms with E-state index in [-0.39, 0.29) is 0 Å². The van der Waals surface area contributed by atoms with Gasteiger partial charge in [0.2, 0.25) is 0 Å². The average molecular weight is 561 g/mol. The summed E-state index contributed by atoms with van der Waals surface area (Å²) in [6.45, 7) is 0. The molecule has 1 aromatic heterocycles. The molecule has 204 valence electrons. The summed E-state index contributed by atoms with van der Waals surface area (Å²) in [6, 6.07) is 51.7. The van der Waals surface area contributed by atoms with Gasteiger partial charge in [-0.15, -0.1) is 0 Å². The number of benzene rings is 7. The Morgan fingerprint density at radius 2 is 0.932 bits per heavy atom. The minimum absolute atomic E-state index is 0.613. The molecule has 0 bridgehead atoms. The van der Waals surface area contributed by atoms with Crippen molar-refractivity contribution in [2.45, 2.75) is 0 Å². The Hall–Kier alpha value is -6.18. The van der Waals surface area contributed by atoms with E-state index >= 15 is 0 Å². The monoisotopic (exact) mass is 560 g/mol. The predicted molar refractivity (Wildman–Crippen MR) is 179 cm³/mol. The maximum absolute atomic E-state index is 9.17. The third-order valence-corrected chi connectivity index (χ3v) is 8.15. The van der Waals surface area contributed by atoms with Gasteiger partial charge >= 0.3 is 0 Å². The van der Waals surface area contributed by atoms with Crippen molar-refractivity contribution in [3.8, 4) is 51.4 Å². The number of fused-ring (bicyclic) bond motifs is 4. The Labute approximate surface area is 254 Å². The van der Waals surface area contributed by atoms with E-state index in [0.29, 0.717) is 23.0 Å². The van der Waals surface area contributed by atoms with Gasteiger partial charge in [-0.2, -0.15) is 5.26 Å². The van der Waals surface area contributed by atoms with Crippen LogP contribution in [0, 0.1) is 11.3 Å². The average Bonchev–Trinajstić information content (AvgIpc) is 3.11. The SMILES string of the molecule is N#Cc1ccc(-c2ccc(-c3nc(-c4ccccc4)nc(-c4c5ccccc5cc5c4ccc4ccccc45)n3)cc2)cc1. The molecule has 0 atom stereocenters. The highest BCUT2D eigenvalue weighted by molar-refractivity contribution is 6.19. The molecule has 0 saturated heterocycles. The highest BCUT2D eigenvalue weighted by Crippen LogP contribution is 2.39.